The lowest BCUT2D eigenvalue weighted by atomic mass is 9.80. The van der Waals surface area contributed by atoms with Gasteiger partial charge >= 0.3 is 0 Å². The van der Waals surface area contributed by atoms with E-state index in [0.29, 0.717) is 18.9 Å². The van der Waals surface area contributed by atoms with Crippen molar-refractivity contribution in [1.82, 2.24) is 5.32 Å². The monoisotopic (exact) mass is 275 g/mol. The summed E-state index contributed by atoms with van der Waals surface area (Å²) in [6.45, 7) is 4.68. The Kier molecular flexibility index (Phi) is 4.81. The van der Waals surface area contributed by atoms with Crippen LogP contribution in [0.15, 0.2) is 30.3 Å². The molecule has 1 fully saturated rings. The molecule has 1 aliphatic carbocycles. The Morgan fingerprint density at radius 3 is 2.45 bits per heavy atom. The number of carbonyl (C=O) groups excluding carboxylic acids is 1. The molecule has 3 heteroatoms. The zero-order valence-corrected chi connectivity index (χ0v) is 12.4. The molecule has 1 atom stereocenters. The van der Waals surface area contributed by atoms with Gasteiger partial charge in [0, 0.05) is 13.0 Å². The number of aliphatic hydroxyl groups is 1. The summed E-state index contributed by atoms with van der Waals surface area (Å²) in [5.41, 5.74) is 0.565. The normalized spacial score (nSPS) is 18.4. The summed E-state index contributed by atoms with van der Waals surface area (Å²) < 4.78 is 0. The Morgan fingerprint density at radius 1 is 1.30 bits per heavy atom. The molecule has 1 amide bonds. The molecule has 2 rings (SSSR count). The topological polar surface area (TPSA) is 49.3 Å². The number of amides is 1. The predicted molar refractivity (Wildman–Crippen MR) is 80.4 cm³/mol. The van der Waals surface area contributed by atoms with Crippen LogP contribution in [0, 0.1) is 5.92 Å². The minimum absolute atomic E-state index is 0.0351. The van der Waals surface area contributed by atoms with Crippen LogP contribution in [0.1, 0.15) is 51.0 Å². The molecule has 0 radical (unpaired) electrons. The van der Waals surface area contributed by atoms with Crippen molar-refractivity contribution < 1.29 is 9.90 Å². The smallest absolute Gasteiger partial charge is 0.220 e. The van der Waals surface area contributed by atoms with Crippen LogP contribution in [-0.2, 0) is 4.79 Å². The third-order valence-corrected chi connectivity index (χ3v) is 4.34. The van der Waals surface area contributed by atoms with Crippen LogP contribution in [0.5, 0.6) is 0 Å². The first kappa shape index (κ1) is 15.0. The first-order valence-corrected chi connectivity index (χ1v) is 7.54. The Bertz CT molecular complexity index is 438. The van der Waals surface area contributed by atoms with Crippen molar-refractivity contribution in [3.05, 3.63) is 35.9 Å². The second-order valence-electron chi connectivity index (χ2n) is 6.32. The highest BCUT2D eigenvalue weighted by Crippen LogP contribution is 2.31. The third kappa shape index (κ3) is 3.83. The van der Waals surface area contributed by atoms with Crippen molar-refractivity contribution in [3.8, 4) is 0 Å². The fourth-order valence-corrected chi connectivity index (χ4v) is 2.74. The molecule has 1 aliphatic rings. The van der Waals surface area contributed by atoms with E-state index in [4.69, 9.17) is 0 Å². The predicted octanol–water partition coefficient (Wildman–Crippen LogP) is 2.85. The molecule has 20 heavy (non-hydrogen) atoms. The minimum Gasteiger partial charge on any atom is -0.388 e. The van der Waals surface area contributed by atoms with Gasteiger partial charge in [0.05, 0.1) is 5.60 Å². The molecule has 0 saturated heterocycles. The minimum atomic E-state index is -0.643. The van der Waals surface area contributed by atoms with E-state index in [9.17, 15) is 9.90 Å². The Labute approximate surface area is 121 Å². The molecular formula is C17H25NO2. The van der Waals surface area contributed by atoms with Gasteiger partial charge in [-0.3, -0.25) is 4.79 Å². The quantitative estimate of drug-likeness (QED) is 0.838. The van der Waals surface area contributed by atoms with E-state index in [0.717, 1.165) is 19.3 Å². The summed E-state index contributed by atoms with van der Waals surface area (Å²) in [4.78, 5) is 12.1. The van der Waals surface area contributed by atoms with Gasteiger partial charge in [0.25, 0.3) is 0 Å². The van der Waals surface area contributed by atoms with Gasteiger partial charge in [0.2, 0.25) is 5.91 Å². The zero-order chi connectivity index (χ0) is 14.6. The highest BCUT2D eigenvalue weighted by Gasteiger charge is 2.34. The van der Waals surface area contributed by atoms with Crippen LogP contribution < -0.4 is 5.32 Å². The highest BCUT2D eigenvalue weighted by molar-refractivity contribution is 5.77. The molecule has 0 bridgehead atoms. The molecule has 0 spiro atoms. The van der Waals surface area contributed by atoms with Crippen LogP contribution in [0.25, 0.3) is 0 Å². The van der Waals surface area contributed by atoms with Gasteiger partial charge in [0.1, 0.15) is 0 Å². The van der Waals surface area contributed by atoms with Gasteiger partial charge < -0.3 is 10.4 Å². The van der Waals surface area contributed by atoms with Gasteiger partial charge in [-0.1, -0.05) is 44.2 Å². The lowest BCUT2D eigenvalue weighted by molar-refractivity contribution is -0.124. The number of hydrogen-bond acceptors (Lipinski definition) is 2. The lowest BCUT2D eigenvalue weighted by Crippen LogP contribution is -2.48. The zero-order valence-electron chi connectivity index (χ0n) is 12.4. The van der Waals surface area contributed by atoms with E-state index >= 15 is 0 Å². The van der Waals surface area contributed by atoms with Crippen LogP contribution in [0.4, 0.5) is 0 Å². The van der Waals surface area contributed by atoms with E-state index < -0.39 is 5.60 Å². The maximum atomic E-state index is 12.1. The number of benzene rings is 1. The van der Waals surface area contributed by atoms with Gasteiger partial charge in [-0.25, -0.2) is 0 Å². The molecule has 2 N–H and O–H groups in total. The van der Waals surface area contributed by atoms with E-state index in [-0.39, 0.29) is 11.8 Å². The van der Waals surface area contributed by atoms with Crippen molar-refractivity contribution in [2.24, 2.45) is 5.92 Å². The fraction of sp³-hybridized carbons (Fsp3) is 0.588. The van der Waals surface area contributed by atoms with Crippen molar-refractivity contribution in [2.75, 3.05) is 6.54 Å². The molecule has 1 unspecified atom stereocenters. The Hall–Kier alpha value is -1.35. The summed E-state index contributed by atoms with van der Waals surface area (Å²) in [6.07, 6.45) is 3.15. The highest BCUT2D eigenvalue weighted by atomic mass is 16.3. The molecule has 1 aromatic carbocycles. The van der Waals surface area contributed by atoms with Gasteiger partial charge in [0.15, 0.2) is 0 Å². The van der Waals surface area contributed by atoms with Gasteiger partial charge in [-0.15, -0.1) is 0 Å². The van der Waals surface area contributed by atoms with Crippen molar-refractivity contribution in [2.45, 2.75) is 51.0 Å². The first-order chi connectivity index (χ1) is 9.50. The summed E-state index contributed by atoms with van der Waals surface area (Å²) in [5.74, 6) is 0.676. The van der Waals surface area contributed by atoms with Crippen LogP contribution in [0.2, 0.25) is 0 Å². The largest absolute Gasteiger partial charge is 0.388 e. The van der Waals surface area contributed by atoms with Crippen molar-refractivity contribution in [1.29, 1.82) is 0 Å². The summed E-state index contributed by atoms with van der Waals surface area (Å²) >= 11 is 0. The van der Waals surface area contributed by atoms with E-state index in [1.54, 1.807) is 0 Å². The van der Waals surface area contributed by atoms with Gasteiger partial charge in [-0.05, 0) is 36.7 Å². The second kappa shape index (κ2) is 6.40. The van der Waals surface area contributed by atoms with Crippen molar-refractivity contribution >= 4 is 5.91 Å². The second-order valence-corrected chi connectivity index (χ2v) is 6.32. The Morgan fingerprint density at radius 2 is 1.95 bits per heavy atom. The number of hydrogen-bond donors (Lipinski definition) is 2. The maximum Gasteiger partial charge on any atom is 0.220 e. The average Bonchev–Trinajstić information content (AvgIpc) is 2.41. The molecule has 1 aromatic rings. The number of carbonyl (C=O) groups is 1. The number of nitrogens with one attached hydrogen (secondary N) is 1. The van der Waals surface area contributed by atoms with Crippen molar-refractivity contribution in [3.63, 3.8) is 0 Å². The molecule has 1 saturated carbocycles. The standard InChI is InChI=1S/C17H25NO2/c1-13(2)15(14-7-4-3-5-8-14)11-16(19)18-12-17(20)9-6-10-17/h3-5,7-8,13,15,20H,6,9-12H2,1-2H3,(H,18,19). The average molecular weight is 275 g/mol. The van der Waals surface area contributed by atoms with Crippen LogP contribution >= 0.6 is 0 Å². The maximum absolute atomic E-state index is 12.1. The molecule has 0 aromatic heterocycles. The molecular weight excluding hydrogens is 250 g/mol. The molecule has 0 aliphatic heterocycles. The van der Waals surface area contributed by atoms with Gasteiger partial charge in [-0.2, -0.15) is 0 Å². The Balaban J connectivity index is 1.89. The SMILES string of the molecule is CC(C)C(CC(=O)NCC1(O)CCC1)c1ccccc1. The molecule has 110 valence electrons. The first-order valence-electron chi connectivity index (χ1n) is 7.54. The fourth-order valence-electron chi connectivity index (χ4n) is 2.74. The van der Waals surface area contributed by atoms with Crippen LogP contribution in [-0.4, -0.2) is 23.2 Å². The van der Waals surface area contributed by atoms with E-state index in [1.165, 1.54) is 5.56 Å². The summed E-state index contributed by atoms with van der Waals surface area (Å²) in [6, 6.07) is 10.2. The van der Waals surface area contributed by atoms with E-state index in [1.807, 2.05) is 18.2 Å². The molecule has 3 nitrogen and oxygen atoms in total. The third-order valence-electron chi connectivity index (χ3n) is 4.34. The van der Waals surface area contributed by atoms with Crippen LogP contribution in [0.3, 0.4) is 0 Å². The number of rotatable bonds is 6. The summed E-state index contributed by atoms with van der Waals surface area (Å²) in [7, 11) is 0. The molecule has 0 heterocycles. The lowest BCUT2D eigenvalue weighted by Gasteiger charge is -2.36. The summed E-state index contributed by atoms with van der Waals surface area (Å²) in [5, 5.41) is 12.9. The van der Waals surface area contributed by atoms with E-state index in [2.05, 4.69) is 31.3 Å².